The van der Waals surface area contributed by atoms with Gasteiger partial charge < -0.3 is 22.8 Å². The molecule has 0 saturated carbocycles. The molecule has 4 atom stereocenters. The largest absolute Gasteiger partial charge is 0.449 e. The van der Waals surface area contributed by atoms with Crippen molar-refractivity contribution in [2.24, 2.45) is 0 Å². The van der Waals surface area contributed by atoms with E-state index in [1.807, 2.05) is 4.57 Å². The number of ether oxygens (including phenoxy) is 2. The third-order valence-corrected chi connectivity index (χ3v) is 26.8. The number of hydrogen-bond acceptors (Lipinski definition) is 9. The molecule has 3 heterocycles. The van der Waals surface area contributed by atoms with Crippen LogP contribution < -0.4 is 4.90 Å². The van der Waals surface area contributed by atoms with Gasteiger partial charge in [-0.1, -0.05) is 88.0 Å². The van der Waals surface area contributed by atoms with E-state index in [4.69, 9.17) is 32.7 Å². The highest BCUT2D eigenvalue weighted by molar-refractivity contribution is 6.76. The highest BCUT2D eigenvalue weighted by Crippen LogP contribution is 2.47. The van der Waals surface area contributed by atoms with Crippen LogP contribution in [0.25, 0.3) is 11.2 Å². The Balaban J connectivity index is 2.19. The van der Waals surface area contributed by atoms with Crippen molar-refractivity contribution in [3.8, 4) is 0 Å². The molecular weight excluding hydrogens is 723 g/mol. The van der Waals surface area contributed by atoms with Crippen LogP contribution in [0.2, 0.25) is 80.1 Å². The number of imidazole rings is 1. The monoisotopic (exact) mass is 793 g/mol. The molecular formula is C37H71N5O6Si4. The molecule has 1 saturated heterocycles. The molecule has 1 amide bonds. The molecule has 15 heteroatoms. The minimum atomic E-state index is -2.38. The Kier molecular flexibility index (Phi) is 13.6. The maximum atomic E-state index is 13.5. The molecule has 52 heavy (non-hydrogen) atoms. The Labute approximate surface area is 319 Å². The molecule has 1 aliphatic heterocycles. The Morgan fingerprint density at radius 1 is 0.846 bits per heavy atom. The van der Waals surface area contributed by atoms with Gasteiger partial charge in [0.25, 0.3) is 0 Å². The van der Waals surface area contributed by atoms with Crippen LogP contribution in [0.1, 0.15) is 68.5 Å². The van der Waals surface area contributed by atoms with Gasteiger partial charge in [-0.05, 0) is 60.4 Å². The van der Waals surface area contributed by atoms with Gasteiger partial charge in [-0.3, -0.25) is 9.47 Å². The van der Waals surface area contributed by atoms with Crippen molar-refractivity contribution >= 4 is 56.1 Å². The number of hydrogen-bond donors (Lipinski definition) is 0. The number of carbonyl (C=O) groups excluding carboxylic acids is 1. The van der Waals surface area contributed by atoms with Gasteiger partial charge in [0.15, 0.2) is 48.2 Å². The maximum Gasteiger partial charge on any atom is 0.415 e. The summed E-state index contributed by atoms with van der Waals surface area (Å²) in [4.78, 5) is 29.0. The van der Waals surface area contributed by atoms with Crippen LogP contribution in [0.5, 0.6) is 0 Å². The van der Waals surface area contributed by atoms with Crippen LogP contribution in [0, 0.1) is 0 Å². The Morgan fingerprint density at radius 3 is 1.88 bits per heavy atom. The first-order valence-electron chi connectivity index (χ1n) is 18.8. The first-order valence-corrected chi connectivity index (χ1v) is 31.2. The van der Waals surface area contributed by atoms with E-state index in [1.165, 1.54) is 11.2 Å². The second-order valence-electron chi connectivity index (χ2n) is 20.2. The van der Waals surface area contributed by atoms with E-state index < -0.39 is 63.7 Å². The summed E-state index contributed by atoms with van der Waals surface area (Å²) >= 11 is 0. The number of nitrogens with zero attached hydrogens (tertiary/aromatic N) is 5. The zero-order valence-electron chi connectivity index (χ0n) is 35.8. The average molecular weight is 794 g/mol. The number of rotatable bonds is 14. The van der Waals surface area contributed by atoms with E-state index in [0.29, 0.717) is 30.2 Å². The zero-order valence-corrected chi connectivity index (χ0v) is 39.8. The smallest absolute Gasteiger partial charge is 0.415 e. The van der Waals surface area contributed by atoms with Gasteiger partial charge in [0.1, 0.15) is 24.6 Å². The summed E-state index contributed by atoms with van der Waals surface area (Å²) in [5.41, 5.74) is 0.990. The molecule has 2 aromatic heterocycles. The van der Waals surface area contributed by atoms with E-state index in [9.17, 15) is 4.79 Å². The first kappa shape index (κ1) is 44.7. The van der Waals surface area contributed by atoms with Crippen LogP contribution >= 0.6 is 0 Å². The molecule has 1 fully saturated rings. The third kappa shape index (κ3) is 10.3. The summed E-state index contributed by atoms with van der Waals surface area (Å²) in [6.07, 6.45) is 2.44. The fourth-order valence-corrected chi connectivity index (χ4v) is 9.33. The van der Waals surface area contributed by atoms with E-state index >= 15 is 0 Å². The van der Waals surface area contributed by atoms with E-state index in [-0.39, 0.29) is 21.7 Å². The van der Waals surface area contributed by atoms with Gasteiger partial charge in [0.05, 0.1) is 19.5 Å². The highest BCUT2D eigenvalue weighted by Gasteiger charge is 2.55. The topological polar surface area (TPSA) is 110 Å². The first-order chi connectivity index (χ1) is 23.4. The third-order valence-electron chi connectivity index (χ3n) is 11.7. The predicted molar refractivity (Wildman–Crippen MR) is 224 cm³/mol. The standard InChI is InChI=1S/C37H71N5O6Si4/c1-20-21-41(34(43)44-22-23-49(11,12)13)31-28-32(39-25-38-31)42(26-40-28)33-30(48-52(18,19)37(8,9)10)29(47-51(16,17)36(5,6)7)27(46-33)24-45-50(14,15)35(2,3)4/h20,25-27,29-30,33H,1,21-24H2,2-19H3/t27-,29-,30-,33-/m1/s1. The van der Waals surface area contributed by atoms with E-state index in [0.717, 1.165) is 6.04 Å². The van der Waals surface area contributed by atoms with Crippen LogP contribution in [0.15, 0.2) is 25.3 Å². The minimum absolute atomic E-state index is 0.0266. The lowest BCUT2D eigenvalue weighted by Crippen LogP contribution is -2.54. The van der Waals surface area contributed by atoms with Crippen molar-refractivity contribution in [1.82, 2.24) is 19.5 Å². The van der Waals surface area contributed by atoms with Crippen LogP contribution in [0.4, 0.5) is 10.6 Å². The lowest BCUT2D eigenvalue weighted by molar-refractivity contribution is -0.0470. The molecule has 0 radical (unpaired) electrons. The maximum absolute atomic E-state index is 13.5. The summed E-state index contributed by atoms with van der Waals surface area (Å²) in [6.45, 7) is 45.4. The second-order valence-corrected chi connectivity index (χ2v) is 40.1. The molecule has 2 aromatic rings. The van der Waals surface area contributed by atoms with E-state index in [2.05, 4.69) is 133 Å². The average Bonchev–Trinajstić information content (AvgIpc) is 3.53. The summed E-state index contributed by atoms with van der Waals surface area (Å²) in [5, 5.41) is -0.0828. The number of anilines is 1. The van der Waals surface area contributed by atoms with Gasteiger partial charge in [-0.15, -0.1) is 6.58 Å². The van der Waals surface area contributed by atoms with Crippen LogP contribution in [-0.2, 0) is 22.8 Å². The van der Waals surface area contributed by atoms with Crippen molar-refractivity contribution < 1.29 is 27.5 Å². The van der Waals surface area contributed by atoms with E-state index in [1.54, 1.807) is 12.4 Å². The molecule has 1 aliphatic rings. The molecule has 0 aliphatic carbocycles. The fraction of sp³-hybridized carbons (Fsp3) is 0.784. The lowest BCUT2D eigenvalue weighted by atomic mass is 10.1. The number of aromatic nitrogens is 4. The number of amides is 1. The van der Waals surface area contributed by atoms with Gasteiger partial charge in [-0.2, -0.15) is 0 Å². The minimum Gasteiger partial charge on any atom is -0.449 e. The predicted octanol–water partition coefficient (Wildman–Crippen LogP) is 9.99. The van der Waals surface area contributed by atoms with Crippen LogP contribution in [-0.4, -0.2) is 96.7 Å². The van der Waals surface area contributed by atoms with Gasteiger partial charge in [-0.25, -0.2) is 19.7 Å². The molecule has 0 unspecified atom stereocenters. The molecule has 0 aromatic carbocycles. The Morgan fingerprint density at radius 2 is 1.38 bits per heavy atom. The fourth-order valence-electron chi connectivity index (χ4n) is 5.00. The number of fused-ring (bicyclic) bond motifs is 1. The van der Waals surface area contributed by atoms with Crippen molar-refractivity contribution in [1.29, 1.82) is 0 Å². The number of carbonyl (C=O) groups is 1. The van der Waals surface area contributed by atoms with Gasteiger partial charge in [0, 0.05) is 14.6 Å². The molecule has 0 bridgehead atoms. The molecule has 296 valence electrons. The highest BCUT2D eigenvalue weighted by atomic mass is 28.4. The second kappa shape index (κ2) is 15.8. The Bertz CT molecular complexity index is 1540. The SMILES string of the molecule is C=CCN(C(=O)OCC[Si](C)(C)C)c1ncnc2c1ncn2[C@@H]1O[C@H](CO[Si](C)(C)C(C)(C)C)[C@@H](O[Si](C)(C)C(C)(C)C)[C@H]1O[Si](C)(C)C(C)(C)C. The summed E-state index contributed by atoms with van der Waals surface area (Å²) < 4.78 is 36.3. The lowest BCUT2D eigenvalue weighted by Gasteiger charge is -2.44. The van der Waals surface area contributed by atoms with Gasteiger partial charge in [0.2, 0.25) is 0 Å². The van der Waals surface area contributed by atoms with Crippen molar-refractivity contribution in [2.45, 2.75) is 167 Å². The van der Waals surface area contributed by atoms with Crippen molar-refractivity contribution in [2.75, 3.05) is 24.7 Å². The summed E-state index contributed by atoms with van der Waals surface area (Å²) in [5.74, 6) is 0.355. The summed E-state index contributed by atoms with van der Waals surface area (Å²) in [7, 11) is -8.25. The molecule has 0 N–H and O–H groups in total. The van der Waals surface area contributed by atoms with Gasteiger partial charge >= 0.3 is 6.09 Å². The zero-order chi connectivity index (χ0) is 39.9. The van der Waals surface area contributed by atoms with Crippen LogP contribution in [0.3, 0.4) is 0 Å². The normalized spacial score (nSPS) is 21.1. The molecule has 0 spiro atoms. The van der Waals surface area contributed by atoms with Crippen molar-refractivity contribution in [3.63, 3.8) is 0 Å². The quantitative estimate of drug-likeness (QED) is 0.136. The Hall–Kier alpha value is -1.73. The molecule has 11 nitrogen and oxygen atoms in total. The molecule has 3 rings (SSSR count). The summed E-state index contributed by atoms with van der Waals surface area (Å²) in [6, 6.07) is 0.863. The van der Waals surface area contributed by atoms with Crippen molar-refractivity contribution in [3.05, 3.63) is 25.3 Å².